The van der Waals surface area contributed by atoms with Crippen LogP contribution in [0.25, 0.3) is 22.1 Å². The first-order valence-electron chi connectivity index (χ1n) is 17.6. The average Bonchev–Trinajstić information content (AvgIpc) is 3.66. The number of nitrogens with one attached hydrogen (secondary N) is 1. The number of benzene rings is 2. The van der Waals surface area contributed by atoms with E-state index in [0.29, 0.717) is 55.1 Å². The molecule has 0 radical (unpaired) electrons. The number of pyridine rings is 1. The fourth-order valence-corrected chi connectivity index (χ4v) is 9.33. The monoisotopic (exact) mass is 731 g/mol. The van der Waals surface area contributed by atoms with E-state index < -0.39 is 30.0 Å². The highest BCUT2D eigenvalue weighted by molar-refractivity contribution is 7.90. The summed E-state index contributed by atoms with van der Waals surface area (Å²) >= 11 is 0. The molecule has 11 nitrogen and oxygen atoms in total. The zero-order chi connectivity index (χ0) is 36.6. The standard InChI is InChI=1S/C38H49N5O6SSi/c1-37(2,3)51(5,6)49-25-13-21-38(40-35(44)48-27-28-14-9-7-10-15-28)22-18-29(19-23-38)43-33-31-20-24-42(50(46,47)30-16-11-8-12-17-30)34(31)39-26-32(33)41(4)36(43)45/h7-12,14-17,20,24,26,29H,13,18-19,21-23,25,27H2,1-6H3,(H,40,44). The van der Waals surface area contributed by atoms with Gasteiger partial charge in [0.2, 0.25) is 0 Å². The van der Waals surface area contributed by atoms with Gasteiger partial charge in [-0.1, -0.05) is 69.3 Å². The Kier molecular flexibility index (Phi) is 10.1. The van der Waals surface area contributed by atoms with Crippen LogP contribution >= 0.6 is 0 Å². The molecule has 0 aliphatic heterocycles. The molecule has 0 saturated heterocycles. The molecule has 1 saturated carbocycles. The molecule has 0 unspecified atom stereocenters. The summed E-state index contributed by atoms with van der Waals surface area (Å²) in [6.07, 6.45) is 6.65. The van der Waals surface area contributed by atoms with Crippen LogP contribution in [-0.2, 0) is 32.8 Å². The first-order valence-corrected chi connectivity index (χ1v) is 22.0. The lowest BCUT2D eigenvalue weighted by Crippen LogP contribution is -2.51. The molecule has 1 amide bonds. The van der Waals surface area contributed by atoms with Gasteiger partial charge in [0.25, 0.3) is 10.0 Å². The zero-order valence-corrected chi connectivity index (χ0v) is 32.2. The van der Waals surface area contributed by atoms with Crippen molar-refractivity contribution in [2.75, 3.05) is 6.61 Å². The smallest absolute Gasteiger partial charge is 0.407 e. The minimum absolute atomic E-state index is 0.0988. The van der Waals surface area contributed by atoms with Crippen molar-refractivity contribution in [2.24, 2.45) is 7.05 Å². The van der Waals surface area contributed by atoms with Crippen molar-refractivity contribution in [3.8, 4) is 0 Å². The molecule has 6 rings (SSSR count). The first kappa shape index (κ1) is 36.6. The second-order valence-electron chi connectivity index (χ2n) is 15.3. The fraction of sp³-hybridized carbons (Fsp3) is 0.447. The number of amides is 1. The van der Waals surface area contributed by atoms with E-state index in [0.717, 1.165) is 12.0 Å². The van der Waals surface area contributed by atoms with Crippen LogP contribution in [0.15, 0.2) is 88.8 Å². The number of imidazole rings is 1. The molecule has 0 spiro atoms. The molecule has 3 heterocycles. The predicted molar refractivity (Wildman–Crippen MR) is 202 cm³/mol. The van der Waals surface area contributed by atoms with Gasteiger partial charge in [0.1, 0.15) is 6.61 Å². The van der Waals surface area contributed by atoms with Crippen LogP contribution in [-0.4, -0.2) is 53.1 Å². The Hall–Kier alpha value is -4.20. The van der Waals surface area contributed by atoms with E-state index in [4.69, 9.17) is 9.16 Å². The maximum atomic E-state index is 13.9. The summed E-state index contributed by atoms with van der Waals surface area (Å²) in [6.45, 7) is 11.9. The van der Waals surface area contributed by atoms with Crippen molar-refractivity contribution >= 4 is 46.5 Å². The van der Waals surface area contributed by atoms with Gasteiger partial charge >= 0.3 is 11.8 Å². The normalized spacial score (nSPS) is 18.7. The highest BCUT2D eigenvalue weighted by Crippen LogP contribution is 2.41. The molecule has 1 aliphatic carbocycles. The van der Waals surface area contributed by atoms with Crippen molar-refractivity contribution in [2.45, 2.75) is 101 Å². The minimum Gasteiger partial charge on any atom is -0.445 e. The minimum atomic E-state index is -3.91. The van der Waals surface area contributed by atoms with E-state index in [-0.39, 0.29) is 33.9 Å². The van der Waals surface area contributed by atoms with Crippen LogP contribution < -0.4 is 11.0 Å². The van der Waals surface area contributed by atoms with Gasteiger partial charge in [-0.05, 0) is 80.4 Å². The molecule has 3 aromatic heterocycles. The highest BCUT2D eigenvalue weighted by atomic mass is 32.2. The van der Waals surface area contributed by atoms with Crippen LogP contribution in [0.4, 0.5) is 4.79 Å². The van der Waals surface area contributed by atoms with Gasteiger partial charge in [-0.3, -0.25) is 9.13 Å². The Morgan fingerprint density at radius 3 is 2.31 bits per heavy atom. The molecular formula is C38H49N5O6SSi. The van der Waals surface area contributed by atoms with Gasteiger partial charge in [0.05, 0.1) is 22.1 Å². The van der Waals surface area contributed by atoms with Gasteiger partial charge in [-0.2, -0.15) is 0 Å². The van der Waals surface area contributed by atoms with Crippen molar-refractivity contribution < 1.29 is 22.4 Å². The third-order valence-corrected chi connectivity index (χ3v) is 17.2. The molecule has 1 N–H and O–H groups in total. The molecule has 1 aliphatic rings. The van der Waals surface area contributed by atoms with Crippen LogP contribution in [0.5, 0.6) is 0 Å². The number of alkyl carbamates (subject to hydrolysis) is 1. The molecule has 1 fully saturated rings. The quantitative estimate of drug-likeness (QED) is 0.110. The van der Waals surface area contributed by atoms with Gasteiger partial charge in [0.15, 0.2) is 14.0 Å². The lowest BCUT2D eigenvalue weighted by atomic mass is 9.76. The second kappa shape index (κ2) is 14.1. The zero-order valence-electron chi connectivity index (χ0n) is 30.4. The number of ether oxygens (including phenoxy) is 1. The molecule has 272 valence electrons. The van der Waals surface area contributed by atoms with E-state index in [1.165, 1.54) is 10.2 Å². The van der Waals surface area contributed by atoms with Gasteiger partial charge in [0, 0.05) is 36.8 Å². The molecule has 5 aromatic rings. The maximum absolute atomic E-state index is 13.9. The number of fused-ring (bicyclic) bond motifs is 3. The summed E-state index contributed by atoms with van der Waals surface area (Å²) in [5.74, 6) is 0. The Bertz CT molecular complexity index is 2180. The highest BCUT2D eigenvalue weighted by Gasteiger charge is 2.40. The van der Waals surface area contributed by atoms with Gasteiger partial charge in [-0.15, -0.1) is 0 Å². The van der Waals surface area contributed by atoms with Crippen LogP contribution in [0.1, 0.15) is 70.9 Å². The van der Waals surface area contributed by atoms with E-state index in [2.05, 4.69) is 44.2 Å². The van der Waals surface area contributed by atoms with Crippen molar-refractivity contribution in [1.29, 1.82) is 0 Å². The largest absolute Gasteiger partial charge is 0.445 e. The first-order chi connectivity index (χ1) is 24.1. The molecule has 13 heteroatoms. The molecule has 0 bridgehead atoms. The lowest BCUT2D eigenvalue weighted by Gasteiger charge is -2.41. The summed E-state index contributed by atoms with van der Waals surface area (Å²) in [5, 5.41) is 3.94. The molecule has 2 aromatic carbocycles. The summed E-state index contributed by atoms with van der Waals surface area (Å²) in [5.41, 5.74) is 1.75. The number of hydrogen-bond donors (Lipinski definition) is 1. The predicted octanol–water partition coefficient (Wildman–Crippen LogP) is 7.51. The average molecular weight is 732 g/mol. The number of rotatable bonds is 11. The van der Waals surface area contributed by atoms with Crippen molar-refractivity contribution in [3.05, 3.63) is 95.2 Å². The third-order valence-electron chi connectivity index (χ3n) is 11.0. The van der Waals surface area contributed by atoms with Gasteiger partial charge < -0.3 is 14.5 Å². The number of carbonyl (C=O) groups is 1. The number of aryl methyl sites for hydroxylation is 1. The Labute approximate surface area is 300 Å². The number of hydrogen-bond acceptors (Lipinski definition) is 7. The second-order valence-corrected chi connectivity index (χ2v) is 21.9. The lowest BCUT2D eigenvalue weighted by molar-refractivity contribution is 0.105. The van der Waals surface area contributed by atoms with E-state index in [9.17, 15) is 18.0 Å². The Balaban J connectivity index is 1.26. The van der Waals surface area contributed by atoms with Crippen LogP contribution in [0, 0.1) is 0 Å². The SMILES string of the molecule is Cn1c(=O)n(C2CCC(CCCO[Si](C)(C)C(C)(C)C)(NC(=O)OCc3ccccc3)CC2)c2c3ccn(S(=O)(=O)c4ccccc4)c3ncc21. The molecular weight excluding hydrogens is 683 g/mol. The number of aromatic nitrogens is 4. The summed E-state index contributed by atoms with van der Waals surface area (Å²) < 4.78 is 43.9. The number of nitrogens with zero attached hydrogens (tertiary/aromatic N) is 4. The van der Waals surface area contributed by atoms with Crippen LogP contribution in [0.3, 0.4) is 0 Å². The van der Waals surface area contributed by atoms with Crippen molar-refractivity contribution in [1.82, 2.24) is 23.4 Å². The number of carbonyl (C=O) groups excluding carboxylic acids is 1. The molecule has 0 atom stereocenters. The van der Waals surface area contributed by atoms with E-state index in [1.54, 1.807) is 58.8 Å². The Morgan fingerprint density at radius 2 is 1.67 bits per heavy atom. The third kappa shape index (κ3) is 7.29. The molecule has 51 heavy (non-hydrogen) atoms. The van der Waals surface area contributed by atoms with E-state index >= 15 is 0 Å². The Morgan fingerprint density at radius 1 is 1.02 bits per heavy atom. The maximum Gasteiger partial charge on any atom is 0.407 e. The summed E-state index contributed by atoms with van der Waals surface area (Å²) in [6, 6.07) is 19.4. The van der Waals surface area contributed by atoms with Crippen LogP contribution in [0.2, 0.25) is 18.1 Å². The summed E-state index contributed by atoms with van der Waals surface area (Å²) in [7, 11) is -4.13. The summed E-state index contributed by atoms with van der Waals surface area (Å²) in [4.78, 5) is 31.8. The topological polar surface area (TPSA) is 126 Å². The fourth-order valence-electron chi connectivity index (χ4n) is 6.92. The van der Waals surface area contributed by atoms with Gasteiger partial charge in [-0.25, -0.2) is 27.0 Å². The van der Waals surface area contributed by atoms with Crippen molar-refractivity contribution in [3.63, 3.8) is 0 Å². The van der Waals surface area contributed by atoms with E-state index in [1.807, 2.05) is 30.3 Å².